The second-order valence-electron chi connectivity index (χ2n) is 14.1. The summed E-state index contributed by atoms with van der Waals surface area (Å²) >= 11 is 0. The van der Waals surface area contributed by atoms with Gasteiger partial charge in [0.05, 0.1) is 5.58 Å². The van der Waals surface area contributed by atoms with Crippen molar-refractivity contribution in [1.29, 1.82) is 0 Å². The van der Waals surface area contributed by atoms with Crippen LogP contribution in [-0.2, 0) is 26.5 Å². The first-order valence-corrected chi connectivity index (χ1v) is 17.3. The summed E-state index contributed by atoms with van der Waals surface area (Å²) in [6, 6.07) is 50.1. The van der Waals surface area contributed by atoms with Gasteiger partial charge in [0, 0.05) is 55.2 Å². The molecule has 0 aliphatic heterocycles. The van der Waals surface area contributed by atoms with Crippen molar-refractivity contribution in [2.75, 3.05) is 0 Å². The average Bonchev–Trinajstić information content (AvgIpc) is 3.53. The van der Waals surface area contributed by atoms with E-state index in [2.05, 4.69) is 117 Å². The van der Waals surface area contributed by atoms with E-state index in [-0.39, 0.29) is 37.3 Å². The number of pyridine rings is 2. The van der Waals surface area contributed by atoms with Crippen LogP contribution in [0.15, 0.2) is 150 Å². The Morgan fingerprint density at radius 2 is 1.38 bits per heavy atom. The summed E-state index contributed by atoms with van der Waals surface area (Å²) in [6.45, 7) is 8.96. The second-order valence-corrected chi connectivity index (χ2v) is 14.1. The molecular weight excluding hydrogens is 820 g/mol. The second kappa shape index (κ2) is 16.0. The molecule has 0 spiro atoms. The molecule has 261 valence electrons. The smallest absolute Gasteiger partial charge is 0.120 e. The number of nitrogens with zero attached hydrogens (tertiary/aromatic N) is 2. The van der Waals surface area contributed by atoms with Crippen molar-refractivity contribution in [2.45, 2.75) is 40.0 Å². The predicted molar refractivity (Wildman–Crippen MR) is 207 cm³/mol. The Labute approximate surface area is 319 Å². The molecule has 8 aromatic rings. The number of halogens is 1. The molecule has 52 heavy (non-hydrogen) atoms. The van der Waals surface area contributed by atoms with Crippen molar-refractivity contribution in [1.82, 2.24) is 9.97 Å². The molecule has 0 fully saturated rings. The molecular formula is C47H39FIrN2O-2. The third-order valence-corrected chi connectivity index (χ3v) is 8.98. The largest absolute Gasteiger partial charge is 0.500 e. The first-order valence-electron chi connectivity index (χ1n) is 17.3. The topological polar surface area (TPSA) is 38.9 Å². The first kappa shape index (κ1) is 36.6. The molecule has 0 aliphatic rings. The quantitative estimate of drug-likeness (QED) is 0.156. The van der Waals surface area contributed by atoms with Crippen LogP contribution in [-0.4, -0.2) is 9.97 Å². The van der Waals surface area contributed by atoms with E-state index in [9.17, 15) is 4.39 Å². The van der Waals surface area contributed by atoms with Crippen LogP contribution in [0.5, 0.6) is 0 Å². The molecule has 0 bridgehead atoms. The molecule has 3 heterocycles. The molecule has 0 saturated heterocycles. The predicted octanol–water partition coefficient (Wildman–Crippen LogP) is 12.5. The summed E-state index contributed by atoms with van der Waals surface area (Å²) in [5.74, 6) is -0.0962. The van der Waals surface area contributed by atoms with Crippen LogP contribution in [0.1, 0.15) is 50.3 Å². The number of fused-ring (bicyclic) bond motifs is 3. The van der Waals surface area contributed by atoms with Crippen LogP contribution < -0.4 is 0 Å². The molecule has 5 heteroatoms. The Hall–Kier alpha value is -5.22. The molecule has 0 N–H and O–H groups in total. The number of furan rings is 1. The van der Waals surface area contributed by atoms with Crippen LogP contribution in [0.3, 0.4) is 0 Å². The fourth-order valence-corrected chi connectivity index (χ4v) is 6.48. The molecule has 5 aromatic carbocycles. The summed E-state index contributed by atoms with van der Waals surface area (Å²) < 4.78 is 19.1. The normalized spacial score (nSPS) is 11.8. The van der Waals surface area contributed by atoms with E-state index in [1.54, 1.807) is 6.07 Å². The molecule has 8 rings (SSSR count). The van der Waals surface area contributed by atoms with Gasteiger partial charge in [-0.2, -0.15) is 0 Å². The summed E-state index contributed by atoms with van der Waals surface area (Å²) in [5, 5.41) is 2.25. The Morgan fingerprint density at radius 1 is 0.692 bits per heavy atom. The Bertz CT molecular complexity index is 2400. The minimum Gasteiger partial charge on any atom is -0.500 e. The van der Waals surface area contributed by atoms with Gasteiger partial charge in [-0.15, -0.1) is 53.6 Å². The monoisotopic (exact) mass is 859 g/mol. The maximum atomic E-state index is 13.3. The van der Waals surface area contributed by atoms with Crippen molar-refractivity contribution in [2.24, 2.45) is 5.41 Å². The maximum Gasteiger partial charge on any atom is 0.120 e. The molecule has 1 unspecified atom stereocenters. The van der Waals surface area contributed by atoms with Crippen molar-refractivity contribution < 1.29 is 28.9 Å². The summed E-state index contributed by atoms with van der Waals surface area (Å²) in [4.78, 5) is 9.19. The van der Waals surface area contributed by atoms with E-state index < -0.39 is 0 Å². The first-order chi connectivity index (χ1) is 24.7. The van der Waals surface area contributed by atoms with Gasteiger partial charge in [-0.25, -0.2) is 0 Å². The van der Waals surface area contributed by atoms with Crippen LogP contribution in [0.2, 0.25) is 0 Å². The van der Waals surface area contributed by atoms with Gasteiger partial charge in [-0.3, -0.25) is 4.39 Å². The van der Waals surface area contributed by atoms with E-state index in [4.69, 9.17) is 4.42 Å². The van der Waals surface area contributed by atoms with E-state index in [1.807, 2.05) is 60.9 Å². The van der Waals surface area contributed by atoms with Gasteiger partial charge in [-0.05, 0) is 52.0 Å². The standard InChI is InChI=1S/C25H19FN.C22H20NO.Ir/c1-18(19-8-4-2-5-9-19)23-16-25(21-12-14-22(26)15-13-21)27-17-24(23)20-10-6-3-7-11-20;1-22(2,3)14-15-10-11-23-19(12-15)16-8-9-21-18(13-16)17-6-4-5-7-20(17)24-21;/h2-12,14-18H,1H3;4-7,9-13H,14H2,1-3H3;/q2*-1;. The van der Waals surface area contributed by atoms with Crippen LogP contribution in [0.4, 0.5) is 4.39 Å². The van der Waals surface area contributed by atoms with Gasteiger partial charge < -0.3 is 14.4 Å². The maximum absolute atomic E-state index is 13.3. The number of rotatable bonds is 6. The van der Waals surface area contributed by atoms with Crippen molar-refractivity contribution in [3.05, 3.63) is 180 Å². The SMILES string of the molecule is CC(C)(C)Cc1ccnc(-c2[c-]cc3oc4ccccc4c3c2)c1.CC(c1ccccc1)c1cc(-c2[c-]cc(F)cc2)ncc1-c1ccccc1.[Ir]. The van der Waals surface area contributed by atoms with E-state index in [0.29, 0.717) is 0 Å². The van der Waals surface area contributed by atoms with Crippen LogP contribution >= 0.6 is 0 Å². The Kier molecular flexibility index (Phi) is 11.2. The minimum absolute atomic E-state index is 0. The summed E-state index contributed by atoms with van der Waals surface area (Å²) in [7, 11) is 0. The minimum atomic E-state index is -0.294. The molecule has 1 radical (unpaired) electrons. The Morgan fingerprint density at radius 3 is 2.12 bits per heavy atom. The number of aromatic nitrogens is 2. The van der Waals surface area contributed by atoms with Gasteiger partial charge in [0.15, 0.2) is 0 Å². The summed E-state index contributed by atoms with van der Waals surface area (Å²) in [6.07, 6.45) is 4.83. The van der Waals surface area contributed by atoms with Gasteiger partial charge >= 0.3 is 0 Å². The van der Waals surface area contributed by atoms with E-state index in [1.165, 1.54) is 28.8 Å². The van der Waals surface area contributed by atoms with Crippen LogP contribution in [0, 0.1) is 23.4 Å². The molecule has 3 nitrogen and oxygen atoms in total. The number of benzene rings is 5. The summed E-state index contributed by atoms with van der Waals surface area (Å²) in [5.41, 5.74) is 11.6. The fourth-order valence-electron chi connectivity index (χ4n) is 6.48. The van der Waals surface area contributed by atoms with Crippen LogP contribution in [0.25, 0.3) is 55.6 Å². The van der Waals surface area contributed by atoms with Crippen molar-refractivity contribution in [3.8, 4) is 33.6 Å². The fraction of sp³-hybridized carbons (Fsp3) is 0.149. The zero-order valence-electron chi connectivity index (χ0n) is 29.7. The van der Waals surface area contributed by atoms with E-state index in [0.717, 1.165) is 62.0 Å². The third kappa shape index (κ3) is 8.45. The van der Waals surface area contributed by atoms with Crippen molar-refractivity contribution >= 4 is 21.9 Å². The number of hydrogen-bond donors (Lipinski definition) is 0. The van der Waals surface area contributed by atoms with Gasteiger partial charge in [-0.1, -0.05) is 130 Å². The zero-order chi connectivity index (χ0) is 35.4. The van der Waals surface area contributed by atoms with Gasteiger partial charge in [0.1, 0.15) is 5.58 Å². The van der Waals surface area contributed by atoms with E-state index >= 15 is 0 Å². The zero-order valence-corrected chi connectivity index (χ0v) is 32.0. The number of hydrogen-bond acceptors (Lipinski definition) is 3. The molecule has 0 aliphatic carbocycles. The molecule has 3 aromatic heterocycles. The molecule has 1 atom stereocenters. The number of para-hydroxylation sites is 1. The molecule has 0 amide bonds. The molecule has 0 saturated carbocycles. The Balaban J connectivity index is 0.000000176. The van der Waals surface area contributed by atoms with Gasteiger partial charge in [0.25, 0.3) is 0 Å². The third-order valence-electron chi connectivity index (χ3n) is 8.98. The van der Waals surface area contributed by atoms with Crippen molar-refractivity contribution in [3.63, 3.8) is 0 Å². The van der Waals surface area contributed by atoms with Gasteiger partial charge in [0.2, 0.25) is 0 Å². The average molecular weight is 859 g/mol.